The molecule has 2 unspecified atom stereocenters. The molecule has 3 rings (SSSR count). The summed E-state index contributed by atoms with van der Waals surface area (Å²) in [6, 6.07) is 6.48. The van der Waals surface area contributed by atoms with Crippen molar-refractivity contribution < 1.29 is 9.52 Å². The number of aryl methyl sites for hydroxylation is 2. The van der Waals surface area contributed by atoms with Crippen molar-refractivity contribution in [3.8, 4) is 0 Å². The molecule has 0 radical (unpaired) electrons. The first-order chi connectivity index (χ1) is 9.97. The Bertz CT molecular complexity index is 605. The van der Waals surface area contributed by atoms with Gasteiger partial charge in [-0.2, -0.15) is 11.8 Å². The van der Waals surface area contributed by atoms with Crippen molar-refractivity contribution in [1.29, 1.82) is 0 Å². The van der Waals surface area contributed by atoms with Crippen LogP contribution < -0.4 is 5.32 Å². The van der Waals surface area contributed by atoms with Crippen LogP contribution in [0.4, 0.5) is 0 Å². The van der Waals surface area contributed by atoms with Gasteiger partial charge >= 0.3 is 0 Å². The summed E-state index contributed by atoms with van der Waals surface area (Å²) in [6.45, 7) is 6.93. The van der Waals surface area contributed by atoms with E-state index in [9.17, 15) is 5.11 Å². The molecule has 114 valence electrons. The lowest BCUT2D eigenvalue weighted by Gasteiger charge is -2.23. The smallest absolute Gasteiger partial charge is 0.134 e. The first kappa shape index (κ1) is 14.9. The summed E-state index contributed by atoms with van der Waals surface area (Å²) in [5, 5.41) is 15.0. The Balaban J connectivity index is 1.73. The van der Waals surface area contributed by atoms with Gasteiger partial charge in [-0.1, -0.05) is 0 Å². The molecule has 2 N–H and O–H groups in total. The molecule has 1 saturated heterocycles. The van der Waals surface area contributed by atoms with Crippen LogP contribution in [0.25, 0.3) is 11.0 Å². The Morgan fingerprint density at radius 3 is 2.81 bits per heavy atom. The second kappa shape index (κ2) is 5.67. The topological polar surface area (TPSA) is 45.4 Å². The van der Waals surface area contributed by atoms with E-state index in [0.717, 1.165) is 34.7 Å². The summed E-state index contributed by atoms with van der Waals surface area (Å²) < 4.78 is 5.96. The minimum Gasteiger partial charge on any atom is -0.459 e. The summed E-state index contributed by atoms with van der Waals surface area (Å²) in [4.78, 5) is 0. The molecule has 3 nitrogen and oxygen atoms in total. The van der Waals surface area contributed by atoms with Crippen LogP contribution in [0.15, 0.2) is 22.6 Å². The second-order valence-corrected chi connectivity index (χ2v) is 7.36. The molecule has 0 saturated carbocycles. The quantitative estimate of drug-likeness (QED) is 0.906. The molecule has 1 aliphatic rings. The molecule has 1 aliphatic heterocycles. The summed E-state index contributed by atoms with van der Waals surface area (Å²) in [7, 11) is 0. The Labute approximate surface area is 130 Å². The molecular weight excluding hydrogens is 282 g/mol. The van der Waals surface area contributed by atoms with Crippen molar-refractivity contribution in [3.05, 3.63) is 35.1 Å². The van der Waals surface area contributed by atoms with Gasteiger partial charge in [-0.15, -0.1) is 0 Å². The van der Waals surface area contributed by atoms with Crippen molar-refractivity contribution in [2.45, 2.75) is 38.8 Å². The molecule has 2 heterocycles. The van der Waals surface area contributed by atoms with Gasteiger partial charge in [-0.3, -0.25) is 0 Å². The van der Waals surface area contributed by atoms with Crippen molar-refractivity contribution in [2.75, 3.05) is 18.1 Å². The number of furan rings is 1. The molecule has 2 atom stereocenters. The Kier molecular flexibility index (Phi) is 4.04. The minimum atomic E-state index is -0.557. The van der Waals surface area contributed by atoms with Crippen LogP contribution in [0.1, 0.15) is 36.3 Å². The monoisotopic (exact) mass is 305 g/mol. The zero-order chi connectivity index (χ0) is 15.0. The maximum absolute atomic E-state index is 10.4. The lowest BCUT2D eigenvalue weighted by Crippen LogP contribution is -2.41. The van der Waals surface area contributed by atoms with E-state index in [1.165, 1.54) is 11.1 Å². The van der Waals surface area contributed by atoms with Gasteiger partial charge in [0.05, 0.1) is 11.6 Å². The van der Waals surface area contributed by atoms with Crippen molar-refractivity contribution in [1.82, 2.24) is 5.32 Å². The van der Waals surface area contributed by atoms with Crippen LogP contribution in [0, 0.1) is 13.8 Å². The van der Waals surface area contributed by atoms with Crippen LogP contribution in [0.2, 0.25) is 0 Å². The lowest BCUT2D eigenvalue weighted by atomic mass is 10.0. The molecule has 0 amide bonds. The number of rotatable bonds is 4. The summed E-state index contributed by atoms with van der Waals surface area (Å²) in [5.41, 5.74) is 2.92. The average molecular weight is 305 g/mol. The third-order valence-electron chi connectivity index (χ3n) is 4.40. The second-order valence-electron chi connectivity index (χ2n) is 6.25. The minimum absolute atomic E-state index is 0.104. The predicted octanol–water partition coefficient (Wildman–Crippen LogP) is 3.57. The van der Waals surface area contributed by atoms with Gasteiger partial charge in [0.15, 0.2) is 0 Å². The normalized spacial score (nSPS) is 23.8. The SMILES string of the molecule is Cc1cc2cc(C(C)NCC3(O)CCSC3)oc2cc1C. The van der Waals surface area contributed by atoms with Crippen molar-refractivity contribution in [2.24, 2.45) is 0 Å². The van der Waals surface area contributed by atoms with E-state index >= 15 is 0 Å². The summed E-state index contributed by atoms with van der Waals surface area (Å²) >= 11 is 1.82. The van der Waals surface area contributed by atoms with Gasteiger partial charge in [0, 0.05) is 17.7 Å². The number of fused-ring (bicyclic) bond motifs is 1. The molecule has 4 heteroatoms. The Morgan fingerprint density at radius 2 is 2.10 bits per heavy atom. The van der Waals surface area contributed by atoms with Crippen LogP contribution in [0.3, 0.4) is 0 Å². The van der Waals surface area contributed by atoms with E-state index < -0.39 is 5.60 Å². The van der Waals surface area contributed by atoms with Gasteiger partial charge < -0.3 is 14.8 Å². The van der Waals surface area contributed by atoms with E-state index in [-0.39, 0.29) is 6.04 Å². The van der Waals surface area contributed by atoms with Crippen LogP contribution in [-0.4, -0.2) is 28.8 Å². The standard InChI is InChI=1S/C17H23NO2S/c1-11-6-14-8-15(20-16(14)7-12(11)2)13(3)18-9-17(19)4-5-21-10-17/h6-8,13,18-19H,4-5,9-10H2,1-3H3. The molecule has 0 spiro atoms. The van der Waals surface area contributed by atoms with E-state index in [1.807, 2.05) is 11.8 Å². The van der Waals surface area contributed by atoms with Gasteiger partial charge in [-0.05, 0) is 62.3 Å². The molecule has 2 aromatic rings. The highest BCUT2D eigenvalue weighted by Gasteiger charge is 2.32. The summed E-state index contributed by atoms with van der Waals surface area (Å²) in [6.07, 6.45) is 0.871. The number of aliphatic hydroxyl groups is 1. The third-order valence-corrected chi connectivity index (χ3v) is 5.63. The number of nitrogens with one attached hydrogen (secondary N) is 1. The third kappa shape index (κ3) is 3.12. The van der Waals surface area contributed by atoms with Gasteiger partial charge in [0.2, 0.25) is 0 Å². The molecule has 21 heavy (non-hydrogen) atoms. The highest BCUT2D eigenvalue weighted by molar-refractivity contribution is 7.99. The van der Waals surface area contributed by atoms with Crippen LogP contribution in [0.5, 0.6) is 0 Å². The van der Waals surface area contributed by atoms with Crippen LogP contribution in [-0.2, 0) is 0 Å². The fraction of sp³-hybridized carbons (Fsp3) is 0.529. The molecule has 0 bridgehead atoms. The fourth-order valence-corrected chi connectivity index (χ4v) is 4.01. The average Bonchev–Trinajstić information content (AvgIpc) is 3.04. The maximum atomic E-state index is 10.4. The molecule has 1 aromatic heterocycles. The Hall–Kier alpha value is -0.970. The molecular formula is C17H23NO2S. The van der Waals surface area contributed by atoms with Gasteiger partial charge in [0.25, 0.3) is 0 Å². The number of hydrogen-bond donors (Lipinski definition) is 2. The molecule has 0 aliphatic carbocycles. The first-order valence-electron chi connectivity index (χ1n) is 7.51. The van der Waals surface area contributed by atoms with E-state index in [1.54, 1.807) is 0 Å². The number of hydrogen-bond acceptors (Lipinski definition) is 4. The predicted molar refractivity (Wildman–Crippen MR) is 89.0 cm³/mol. The first-order valence-corrected chi connectivity index (χ1v) is 8.66. The van der Waals surface area contributed by atoms with Crippen molar-refractivity contribution in [3.63, 3.8) is 0 Å². The van der Waals surface area contributed by atoms with Gasteiger partial charge in [0.1, 0.15) is 11.3 Å². The number of thioether (sulfide) groups is 1. The summed E-state index contributed by atoms with van der Waals surface area (Å²) in [5.74, 6) is 2.81. The van der Waals surface area contributed by atoms with E-state index in [0.29, 0.717) is 6.54 Å². The van der Waals surface area contributed by atoms with Gasteiger partial charge in [-0.25, -0.2) is 0 Å². The molecule has 1 aromatic carbocycles. The zero-order valence-corrected chi connectivity index (χ0v) is 13.7. The van der Waals surface area contributed by atoms with E-state index in [2.05, 4.69) is 44.3 Å². The zero-order valence-electron chi connectivity index (χ0n) is 12.9. The van der Waals surface area contributed by atoms with Crippen molar-refractivity contribution >= 4 is 22.7 Å². The van der Waals surface area contributed by atoms with Crippen LogP contribution >= 0.6 is 11.8 Å². The highest BCUT2D eigenvalue weighted by Crippen LogP contribution is 2.29. The maximum Gasteiger partial charge on any atom is 0.134 e. The number of benzene rings is 1. The fourth-order valence-electron chi connectivity index (χ4n) is 2.72. The highest BCUT2D eigenvalue weighted by atomic mass is 32.2. The van der Waals surface area contributed by atoms with E-state index in [4.69, 9.17) is 4.42 Å². The lowest BCUT2D eigenvalue weighted by molar-refractivity contribution is 0.0645. The molecule has 1 fully saturated rings. The largest absolute Gasteiger partial charge is 0.459 e. The Morgan fingerprint density at radius 1 is 1.33 bits per heavy atom.